The molecule has 4 heteroatoms. The molecule has 19 heavy (non-hydrogen) atoms. The maximum atomic E-state index is 13.8. The molecule has 0 aliphatic rings. The van der Waals surface area contributed by atoms with Crippen LogP contribution in [0.2, 0.25) is 5.02 Å². The van der Waals surface area contributed by atoms with E-state index in [4.69, 9.17) is 23.2 Å². The monoisotopic (exact) mass is 360 g/mol. The number of alkyl halides is 1. The Morgan fingerprint density at radius 3 is 2.53 bits per heavy atom. The van der Waals surface area contributed by atoms with Crippen molar-refractivity contribution < 1.29 is 4.39 Å². The summed E-state index contributed by atoms with van der Waals surface area (Å²) in [7, 11) is 0. The predicted octanol–water partition coefficient (Wildman–Crippen LogP) is 5.81. The van der Waals surface area contributed by atoms with Crippen molar-refractivity contribution in [2.75, 3.05) is 5.88 Å². The van der Waals surface area contributed by atoms with Gasteiger partial charge in [-0.3, -0.25) is 0 Å². The molecule has 0 aromatic heterocycles. The van der Waals surface area contributed by atoms with Crippen molar-refractivity contribution in [1.29, 1.82) is 0 Å². The molecule has 0 spiro atoms. The van der Waals surface area contributed by atoms with E-state index in [9.17, 15) is 4.39 Å². The third-order valence-electron chi connectivity index (χ3n) is 3.01. The Hall–Kier alpha value is -0.570. The molecule has 0 amide bonds. The van der Waals surface area contributed by atoms with E-state index in [0.717, 1.165) is 10.0 Å². The zero-order valence-electron chi connectivity index (χ0n) is 10.0. The fourth-order valence-corrected chi connectivity index (χ4v) is 3.03. The maximum Gasteiger partial charge on any atom is 0.126 e. The molecular formula is C15H12BrCl2F. The minimum absolute atomic E-state index is 0.0819. The summed E-state index contributed by atoms with van der Waals surface area (Å²) >= 11 is 15.5. The third-order valence-corrected chi connectivity index (χ3v) is 4.23. The Morgan fingerprint density at radius 1 is 1.16 bits per heavy atom. The van der Waals surface area contributed by atoms with Gasteiger partial charge in [-0.1, -0.05) is 51.8 Å². The molecule has 1 unspecified atom stereocenters. The van der Waals surface area contributed by atoms with Gasteiger partial charge in [-0.25, -0.2) is 4.39 Å². The lowest BCUT2D eigenvalue weighted by Gasteiger charge is -2.16. The standard InChI is InChI=1S/C15H12BrCl2F/c16-12-6-5-10(14(18)8-12)7-11(9-17)13-3-1-2-4-15(13)19/h1-6,8,11H,7,9H2. The van der Waals surface area contributed by atoms with Crippen molar-refractivity contribution in [2.24, 2.45) is 0 Å². The topological polar surface area (TPSA) is 0 Å². The molecule has 0 fully saturated rings. The normalized spacial score (nSPS) is 12.4. The summed E-state index contributed by atoms with van der Waals surface area (Å²) in [6.45, 7) is 0. The Balaban J connectivity index is 2.27. The van der Waals surface area contributed by atoms with E-state index >= 15 is 0 Å². The predicted molar refractivity (Wildman–Crippen MR) is 82.7 cm³/mol. The first-order valence-corrected chi connectivity index (χ1v) is 7.56. The van der Waals surface area contributed by atoms with Crippen LogP contribution in [-0.2, 0) is 6.42 Å². The fourth-order valence-electron chi connectivity index (χ4n) is 2.01. The molecule has 0 aliphatic carbocycles. The largest absolute Gasteiger partial charge is 0.207 e. The number of hydrogen-bond acceptors (Lipinski definition) is 0. The lowest BCUT2D eigenvalue weighted by atomic mass is 9.93. The van der Waals surface area contributed by atoms with Gasteiger partial charge in [0.15, 0.2) is 0 Å². The van der Waals surface area contributed by atoms with Crippen molar-refractivity contribution in [3.8, 4) is 0 Å². The van der Waals surface area contributed by atoms with E-state index in [1.54, 1.807) is 12.1 Å². The van der Waals surface area contributed by atoms with Gasteiger partial charge in [-0.2, -0.15) is 0 Å². The van der Waals surface area contributed by atoms with E-state index in [2.05, 4.69) is 15.9 Å². The Bertz CT molecular complexity index is 572. The van der Waals surface area contributed by atoms with Gasteiger partial charge in [-0.05, 0) is 35.7 Å². The second-order valence-electron chi connectivity index (χ2n) is 4.31. The van der Waals surface area contributed by atoms with Crippen LogP contribution < -0.4 is 0 Å². The first kappa shape index (κ1) is 14.8. The quantitative estimate of drug-likeness (QED) is 0.603. The van der Waals surface area contributed by atoms with Crippen molar-refractivity contribution in [2.45, 2.75) is 12.3 Å². The van der Waals surface area contributed by atoms with E-state index in [0.29, 0.717) is 22.9 Å². The van der Waals surface area contributed by atoms with Crippen LogP contribution in [-0.4, -0.2) is 5.88 Å². The second kappa shape index (κ2) is 6.74. The lowest BCUT2D eigenvalue weighted by molar-refractivity contribution is 0.589. The van der Waals surface area contributed by atoms with Gasteiger partial charge in [-0.15, -0.1) is 11.6 Å². The maximum absolute atomic E-state index is 13.8. The highest BCUT2D eigenvalue weighted by Gasteiger charge is 2.16. The summed E-state index contributed by atoms with van der Waals surface area (Å²) in [6.07, 6.45) is 0.622. The molecule has 0 nitrogen and oxygen atoms in total. The summed E-state index contributed by atoms with van der Waals surface area (Å²) < 4.78 is 14.7. The fraction of sp³-hybridized carbons (Fsp3) is 0.200. The van der Waals surface area contributed by atoms with Crippen LogP contribution in [0, 0.1) is 5.82 Å². The average Bonchev–Trinajstić information content (AvgIpc) is 2.39. The van der Waals surface area contributed by atoms with Crippen molar-refractivity contribution >= 4 is 39.1 Å². The summed E-state index contributed by atoms with van der Waals surface area (Å²) in [5.74, 6) is 0.0516. The van der Waals surface area contributed by atoms with Crippen LogP contribution in [0.25, 0.3) is 0 Å². The van der Waals surface area contributed by atoms with E-state index < -0.39 is 0 Å². The molecular weight excluding hydrogens is 350 g/mol. The van der Waals surface area contributed by atoms with Crippen molar-refractivity contribution in [3.05, 3.63) is 68.9 Å². The van der Waals surface area contributed by atoms with Gasteiger partial charge in [0.25, 0.3) is 0 Å². The van der Waals surface area contributed by atoms with Crippen LogP contribution in [0.3, 0.4) is 0 Å². The van der Waals surface area contributed by atoms with Crippen LogP contribution in [0.4, 0.5) is 4.39 Å². The molecule has 2 aromatic rings. The van der Waals surface area contributed by atoms with Crippen LogP contribution >= 0.6 is 39.1 Å². The number of rotatable bonds is 4. The van der Waals surface area contributed by atoms with Gasteiger partial charge in [0.2, 0.25) is 0 Å². The first-order chi connectivity index (χ1) is 9.11. The highest BCUT2D eigenvalue weighted by atomic mass is 79.9. The summed E-state index contributed by atoms with van der Waals surface area (Å²) in [4.78, 5) is 0. The first-order valence-electron chi connectivity index (χ1n) is 5.86. The van der Waals surface area contributed by atoms with Crippen molar-refractivity contribution in [1.82, 2.24) is 0 Å². The third kappa shape index (κ3) is 3.71. The number of benzene rings is 2. The smallest absolute Gasteiger partial charge is 0.126 e. The van der Waals surface area contributed by atoms with Gasteiger partial charge in [0.1, 0.15) is 5.82 Å². The van der Waals surface area contributed by atoms with Gasteiger partial charge < -0.3 is 0 Å². The molecule has 0 aliphatic heterocycles. The summed E-state index contributed by atoms with van der Waals surface area (Å²) in [5.41, 5.74) is 1.61. The molecule has 2 rings (SSSR count). The van der Waals surface area contributed by atoms with Gasteiger partial charge >= 0.3 is 0 Å². The number of halogens is 4. The molecule has 0 saturated carbocycles. The molecule has 0 saturated heterocycles. The van der Waals surface area contributed by atoms with E-state index in [-0.39, 0.29) is 11.7 Å². The Morgan fingerprint density at radius 2 is 1.89 bits per heavy atom. The van der Waals surface area contributed by atoms with Crippen LogP contribution in [0.1, 0.15) is 17.0 Å². The van der Waals surface area contributed by atoms with Gasteiger partial charge in [0, 0.05) is 21.3 Å². The van der Waals surface area contributed by atoms with E-state index in [1.165, 1.54) is 6.07 Å². The average molecular weight is 362 g/mol. The minimum Gasteiger partial charge on any atom is -0.207 e. The molecule has 0 heterocycles. The number of hydrogen-bond donors (Lipinski definition) is 0. The Kier molecular flexibility index (Phi) is 5.26. The minimum atomic E-state index is -0.221. The summed E-state index contributed by atoms with van der Waals surface area (Å²) in [6, 6.07) is 12.4. The summed E-state index contributed by atoms with van der Waals surface area (Å²) in [5, 5.41) is 0.667. The SMILES string of the molecule is Fc1ccccc1C(CCl)Cc1ccc(Br)cc1Cl. The van der Waals surface area contributed by atoms with E-state index in [1.807, 2.05) is 24.3 Å². The molecule has 2 aromatic carbocycles. The zero-order chi connectivity index (χ0) is 13.8. The molecule has 100 valence electrons. The second-order valence-corrected chi connectivity index (χ2v) is 5.94. The highest BCUT2D eigenvalue weighted by molar-refractivity contribution is 9.10. The van der Waals surface area contributed by atoms with Crippen LogP contribution in [0.15, 0.2) is 46.9 Å². The molecule has 1 atom stereocenters. The van der Waals surface area contributed by atoms with Gasteiger partial charge in [0.05, 0.1) is 0 Å². The zero-order valence-corrected chi connectivity index (χ0v) is 13.1. The lowest BCUT2D eigenvalue weighted by Crippen LogP contribution is -2.07. The highest BCUT2D eigenvalue weighted by Crippen LogP contribution is 2.29. The Labute approximate surface area is 130 Å². The molecule has 0 radical (unpaired) electrons. The van der Waals surface area contributed by atoms with Crippen LogP contribution in [0.5, 0.6) is 0 Å². The molecule has 0 bridgehead atoms. The molecule has 0 N–H and O–H groups in total. The van der Waals surface area contributed by atoms with Crippen molar-refractivity contribution in [3.63, 3.8) is 0 Å².